The van der Waals surface area contributed by atoms with E-state index < -0.39 is 60.2 Å². The fraction of sp³-hybridized carbons (Fsp3) is 0.762. The van der Waals surface area contributed by atoms with Crippen LogP contribution in [-0.4, -0.2) is 70.9 Å². The van der Waals surface area contributed by atoms with Crippen LogP contribution in [-0.2, 0) is 24.0 Å². The van der Waals surface area contributed by atoms with Gasteiger partial charge in [-0.25, -0.2) is 4.79 Å². The quantitative estimate of drug-likeness (QED) is 0.168. The number of nitrogens with two attached hydrogens (primary N) is 2. The van der Waals surface area contributed by atoms with E-state index in [1.165, 1.54) is 0 Å². The maximum absolute atomic E-state index is 13.0. The smallest absolute Gasteiger partial charge is 0.326 e. The zero-order valence-corrected chi connectivity index (χ0v) is 20.9. The second-order valence-corrected chi connectivity index (χ2v) is 9.82. The van der Waals surface area contributed by atoms with Crippen LogP contribution in [0.15, 0.2) is 0 Å². The molecule has 0 aromatic heterocycles. The molecule has 0 radical (unpaired) electrons. The molecule has 4 unspecified atom stereocenters. The number of carbonyl (C=O) groups is 5. The van der Waals surface area contributed by atoms with Crippen LogP contribution in [0.2, 0.25) is 0 Å². The Morgan fingerprint density at radius 1 is 0.818 bits per heavy atom. The summed E-state index contributed by atoms with van der Waals surface area (Å²) in [6, 6.07) is -4.26. The highest BCUT2D eigenvalue weighted by molar-refractivity contribution is 7.98. The van der Waals surface area contributed by atoms with Gasteiger partial charge in [-0.2, -0.15) is 11.8 Å². The molecule has 190 valence electrons. The number of rotatable bonds is 16. The SMILES string of the molecule is CSCCC(N)C(=O)NC(CC(C)C)C(=O)NC(CC(C)C)C(=O)NC(CC(N)=O)C(=O)O. The molecule has 0 fully saturated rings. The first-order valence-electron chi connectivity index (χ1n) is 10.9. The van der Waals surface area contributed by atoms with Gasteiger partial charge < -0.3 is 32.5 Å². The predicted octanol–water partition coefficient (Wildman–Crippen LogP) is -0.427. The van der Waals surface area contributed by atoms with Crippen molar-refractivity contribution in [3.63, 3.8) is 0 Å². The average molecular weight is 490 g/mol. The van der Waals surface area contributed by atoms with Crippen LogP contribution >= 0.6 is 11.8 Å². The van der Waals surface area contributed by atoms with Crippen molar-refractivity contribution in [2.75, 3.05) is 12.0 Å². The van der Waals surface area contributed by atoms with E-state index in [2.05, 4.69) is 16.0 Å². The molecule has 0 bridgehead atoms. The molecule has 0 rings (SSSR count). The molecule has 0 heterocycles. The Labute approximate surface area is 199 Å². The van der Waals surface area contributed by atoms with Gasteiger partial charge in [0.15, 0.2) is 0 Å². The highest BCUT2D eigenvalue weighted by Crippen LogP contribution is 2.10. The summed E-state index contributed by atoms with van der Waals surface area (Å²) in [4.78, 5) is 60.7. The molecule has 0 aromatic rings. The van der Waals surface area contributed by atoms with Gasteiger partial charge in [-0.15, -0.1) is 0 Å². The Hall–Kier alpha value is -2.34. The summed E-state index contributed by atoms with van der Waals surface area (Å²) in [5, 5.41) is 16.8. The Kier molecular flexibility index (Phi) is 14.4. The lowest BCUT2D eigenvalue weighted by atomic mass is 9.99. The van der Waals surface area contributed by atoms with Crippen molar-refractivity contribution in [1.82, 2.24) is 16.0 Å². The van der Waals surface area contributed by atoms with E-state index >= 15 is 0 Å². The van der Waals surface area contributed by atoms with Crippen LogP contribution in [0.25, 0.3) is 0 Å². The maximum atomic E-state index is 13.0. The number of hydrogen-bond donors (Lipinski definition) is 6. The molecule has 0 aliphatic heterocycles. The van der Waals surface area contributed by atoms with Gasteiger partial charge in [0.2, 0.25) is 23.6 Å². The van der Waals surface area contributed by atoms with Gasteiger partial charge in [0, 0.05) is 0 Å². The Bertz CT molecular complexity index is 688. The summed E-state index contributed by atoms with van der Waals surface area (Å²) in [5.74, 6) is -3.34. The predicted molar refractivity (Wildman–Crippen MR) is 127 cm³/mol. The van der Waals surface area contributed by atoms with Crippen molar-refractivity contribution in [2.45, 2.75) is 77.5 Å². The van der Waals surface area contributed by atoms with E-state index in [9.17, 15) is 29.1 Å². The Morgan fingerprint density at radius 2 is 1.24 bits per heavy atom. The minimum Gasteiger partial charge on any atom is -0.480 e. The van der Waals surface area contributed by atoms with Gasteiger partial charge >= 0.3 is 5.97 Å². The third kappa shape index (κ3) is 13.1. The summed E-state index contributed by atoms with van der Waals surface area (Å²) >= 11 is 1.56. The molecule has 4 amide bonds. The van der Waals surface area contributed by atoms with E-state index in [4.69, 9.17) is 11.5 Å². The van der Waals surface area contributed by atoms with Crippen molar-refractivity contribution in [3.8, 4) is 0 Å². The first kappa shape index (κ1) is 30.7. The number of amides is 4. The fourth-order valence-electron chi connectivity index (χ4n) is 3.01. The molecule has 0 aliphatic rings. The van der Waals surface area contributed by atoms with E-state index in [0.717, 1.165) is 0 Å². The van der Waals surface area contributed by atoms with Crippen molar-refractivity contribution in [1.29, 1.82) is 0 Å². The number of carboxylic acid groups (broad SMARTS) is 1. The van der Waals surface area contributed by atoms with Gasteiger partial charge in [-0.3, -0.25) is 19.2 Å². The lowest BCUT2D eigenvalue weighted by Crippen LogP contribution is -2.57. The monoisotopic (exact) mass is 489 g/mol. The van der Waals surface area contributed by atoms with Crippen molar-refractivity contribution < 1.29 is 29.1 Å². The largest absolute Gasteiger partial charge is 0.480 e. The molecule has 8 N–H and O–H groups in total. The first-order chi connectivity index (χ1) is 15.3. The first-order valence-corrected chi connectivity index (χ1v) is 12.3. The number of primary amides is 1. The normalized spacial score (nSPS) is 14.8. The second kappa shape index (κ2) is 15.5. The van der Waals surface area contributed by atoms with Gasteiger partial charge in [-0.1, -0.05) is 27.7 Å². The van der Waals surface area contributed by atoms with Crippen molar-refractivity contribution in [3.05, 3.63) is 0 Å². The highest BCUT2D eigenvalue weighted by atomic mass is 32.2. The van der Waals surface area contributed by atoms with E-state index in [1.54, 1.807) is 11.8 Å². The number of carboxylic acids is 1. The van der Waals surface area contributed by atoms with Gasteiger partial charge in [0.1, 0.15) is 18.1 Å². The zero-order chi connectivity index (χ0) is 25.7. The molecule has 11 nitrogen and oxygen atoms in total. The van der Waals surface area contributed by atoms with Crippen LogP contribution in [0.4, 0.5) is 0 Å². The minimum absolute atomic E-state index is 0.0152. The van der Waals surface area contributed by atoms with E-state index in [-0.39, 0.29) is 18.3 Å². The summed E-state index contributed by atoms with van der Waals surface area (Å²) in [6.45, 7) is 7.45. The topological polar surface area (TPSA) is 194 Å². The Morgan fingerprint density at radius 3 is 1.61 bits per heavy atom. The molecule has 0 spiro atoms. The summed E-state index contributed by atoms with van der Waals surface area (Å²) in [7, 11) is 0. The third-order valence-corrected chi connectivity index (χ3v) is 5.31. The molecule has 0 saturated heterocycles. The van der Waals surface area contributed by atoms with Gasteiger partial charge in [0.05, 0.1) is 12.5 Å². The molecule has 0 aromatic carbocycles. The maximum Gasteiger partial charge on any atom is 0.326 e. The van der Waals surface area contributed by atoms with Gasteiger partial charge in [-0.05, 0) is 43.1 Å². The van der Waals surface area contributed by atoms with Crippen LogP contribution in [0.3, 0.4) is 0 Å². The van der Waals surface area contributed by atoms with Gasteiger partial charge in [0.25, 0.3) is 0 Å². The average Bonchev–Trinajstić information content (AvgIpc) is 2.68. The number of carbonyl (C=O) groups excluding carboxylic acids is 4. The minimum atomic E-state index is -1.51. The number of hydrogen-bond acceptors (Lipinski definition) is 7. The highest BCUT2D eigenvalue weighted by Gasteiger charge is 2.31. The van der Waals surface area contributed by atoms with E-state index in [0.29, 0.717) is 18.6 Å². The van der Waals surface area contributed by atoms with Crippen LogP contribution in [0.5, 0.6) is 0 Å². The molecule has 12 heteroatoms. The molecule has 4 atom stereocenters. The summed E-state index contributed by atoms with van der Waals surface area (Å²) < 4.78 is 0. The van der Waals surface area contributed by atoms with Crippen LogP contribution < -0.4 is 27.4 Å². The van der Waals surface area contributed by atoms with Crippen molar-refractivity contribution >= 4 is 41.4 Å². The molecular weight excluding hydrogens is 450 g/mol. The summed E-state index contributed by atoms with van der Waals surface area (Å²) in [5.41, 5.74) is 11.0. The van der Waals surface area contributed by atoms with Crippen LogP contribution in [0, 0.1) is 11.8 Å². The fourth-order valence-corrected chi connectivity index (χ4v) is 3.50. The number of nitrogens with one attached hydrogen (secondary N) is 3. The molecular formula is C21H39N5O6S. The second-order valence-electron chi connectivity index (χ2n) is 8.84. The number of aliphatic carboxylic acids is 1. The summed E-state index contributed by atoms with van der Waals surface area (Å²) in [6.07, 6.45) is 2.32. The molecule has 0 aliphatic carbocycles. The standard InChI is InChI=1S/C21H39N5O6S/c1-11(2)8-14(24-18(28)13(22)6-7-33-5)19(29)25-15(9-12(3)4)20(30)26-16(21(31)32)10-17(23)27/h11-16H,6-10,22H2,1-5H3,(H2,23,27)(H,24,28)(H,25,29)(H,26,30)(H,31,32). The zero-order valence-electron chi connectivity index (χ0n) is 20.1. The third-order valence-electron chi connectivity index (χ3n) is 4.67. The Balaban J connectivity index is 5.48. The molecule has 0 saturated carbocycles. The van der Waals surface area contributed by atoms with Crippen LogP contribution in [0.1, 0.15) is 53.4 Å². The lowest BCUT2D eigenvalue weighted by molar-refractivity contribution is -0.144. The van der Waals surface area contributed by atoms with E-state index in [1.807, 2.05) is 34.0 Å². The lowest BCUT2D eigenvalue weighted by Gasteiger charge is -2.26. The molecule has 33 heavy (non-hydrogen) atoms. The number of thioether (sulfide) groups is 1. The van der Waals surface area contributed by atoms with Crippen molar-refractivity contribution in [2.24, 2.45) is 23.3 Å².